The average Bonchev–Trinajstić information content (AvgIpc) is 2.99. The standard InChI is InChI=1S/C20H22FNO4/c1-25-18(23)6-5-17-16-8-10-7-13(19-11-3-2-4-12(11)19)14(21)9-15(10)22(16)20(24)26-17/h7,9,11-12,16-17,19H,2-6,8H2,1H3/t11?,12?,16-,17-,19?/m0/s1. The molecule has 26 heavy (non-hydrogen) atoms. The molecule has 3 fully saturated rings. The van der Waals surface area contributed by atoms with Gasteiger partial charge in [-0.1, -0.05) is 12.5 Å². The molecule has 5 nitrogen and oxygen atoms in total. The molecule has 4 atom stereocenters. The number of halogens is 1. The van der Waals surface area contributed by atoms with Crippen molar-refractivity contribution in [3.8, 4) is 0 Å². The van der Waals surface area contributed by atoms with E-state index >= 15 is 0 Å². The van der Waals surface area contributed by atoms with Crippen molar-refractivity contribution in [2.45, 2.75) is 56.6 Å². The lowest BCUT2D eigenvalue weighted by Crippen LogP contribution is -2.33. The first-order valence-corrected chi connectivity index (χ1v) is 9.47. The van der Waals surface area contributed by atoms with Gasteiger partial charge in [0.25, 0.3) is 0 Å². The molecule has 1 amide bonds. The van der Waals surface area contributed by atoms with Crippen LogP contribution < -0.4 is 4.90 Å². The Hall–Kier alpha value is -2.11. The van der Waals surface area contributed by atoms with Gasteiger partial charge in [0.2, 0.25) is 0 Å². The minimum absolute atomic E-state index is 0.157. The molecule has 138 valence electrons. The van der Waals surface area contributed by atoms with E-state index < -0.39 is 6.09 Å². The maximum absolute atomic E-state index is 14.8. The van der Waals surface area contributed by atoms with Crippen molar-refractivity contribution in [2.24, 2.45) is 11.8 Å². The Balaban J connectivity index is 1.39. The zero-order chi connectivity index (χ0) is 18.0. The summed E-state index contributed by atoms with van der Waals surface area (Å²) >= 11 is 0. The van der Waals surface area contributed by atoms with Crippen LogP contribution in [0, 0.1) is 17.7 Å². The van der Waals surface area contributed by atoms with Crippen molar-refractivity contribution in [1.82, 2.24) is 0 Å². The smallest absolute Gasteiger partial charge is 0.415 e. The van der Waals surface area contributed by atoms with Crippen molar-refractivity contribution in [2.75, 3.05) is 12.0 Å². The van der Waals surface area contributed by atoms with Crippen molar-refractivity contribution >= 4 is 17.7 Å². The largest absolute Gasteiger partial charge is 0.469 e. The van der Waals surface area contributed by atoms with Gasteiger partial charge in [-0.2, -0.15) is 0 Å². The van der Waals surface area contributed by atoms with Crippen molar-refractivity contribution in [3.05, 3.63) is 29.1 Å². The molecule has 2 unspecified atom stereocenters. The topological polar surface area (TPSA) is 55.8 Å². The monoisotopic (exact) mass is 359 g/mol. The molecule has 1 aromatic carbocycles. The van der Waals surface area contributed by atoms with Gasteiger partial charge in [-0.25, -0.2) is 9.18 Å². The van der Waals surface area contributed by atoms with Crippen LogP contribution in [-0.2, 0) is 20.7 Å². The van der Waals surface area contributed by atoms with Gasteiger partial charge in [0, 0.05) is 6.42 Å². The van der Waals surface area contributed by atoms with E-state index in [9.17, 15) is 14.0 Å². The Kier molecular flexibility index (Phi) is 3.52. The summed E-state index contributed by atoms with van der Waals surface area (Å²) in [5, 5.41) is 0. The van der Waals surface area contributed by atoms with Crippen molar-refractivity contribution in [3.63, 3.8) is 0 Å². The number of carbonyl (C=O) groups is 2. The van der Waals surface area contributed by atoms with Gasteiger partial charge < -0.3 is 9.47 Å². The second kappa shape index (κ2) is 5.69. The molecule has 2 aliphatic carbocycles. The van der Waals surface area contributed by atoms with Gasteiger partial charge in [-0.05, 0) is 60.6 Å². The molecular formula is C20H22FNO4. The van der Waals surface area contributed by atoms with E-state index in [0.717, 1.165) is 11.1 Å². The van der Waals surface area contributed by atoms with Gasteiger partial charge in [-0.15, -0.1) is 0 Å². The molecule has 0 spiro atoms. The number of rotatable bonds is 4. The summed E-state index contributed by atoms with van der Waals surface area (Å²) in [7, 11) is 1.35. The number of methoxy groups -OCH3 is 1. The summed E-state index contributed by atoms with van der Waals surface area (Å²) in [4.78, 5) is 25.3. The Bertz CT molecular complexity index is 784. The first kappa shape index (κ1) is 16.1. The second-order valence-corrected chi connectivity index (χ2v) is 7.97. The fourth-order valence-electron chi connectivity index (χ4n) is 5.46. The van der Waals surface area contributed by atoms with Crippen LogP contribution >= 0.6 is 0 Å². The molecule has 0 radical (unpaired) electrons. The molecule has 0 N–H and O–H groups in total. The molecule has 4 aliphatic rings. The number of carbonyl (C=O) groups excluding carboxylic acids is 2. The quantitative estimate of drug-likeness (QED) is 0.772. The van der Waals surface area contributed by atoms with Crippen LogP contribution in [0.3, 0.4) is 0 Å². The zero-order valence-corrected chi connectivity index (χ0v) is 14.7. The number of hydrogen-bond acceptors (Lipinski definition) is 4. The molecule has 5 rings (SSSR count). The van der Waals surface area contributed by atoms with Crippen LogP contribution in [0.1, 0.15) is 49.1 Å². The fourth-order valence-corrected chi connectivity index (χ4v) is 5.46. The molecule has 2 aliphatic heterocycles. The summed E-state index contributed by atoms with van der Waals surface area (Å²) < 4.78 is 24.9. The highest BCUT2D eigenvalue weighted by Crippen LogP contribution is 2.63. The first-order chi connectivity index (χ1) is 12.6. The van der Waals surface area contributed by atoms with Crippen LogP contribution in [0.5, 0.6) is 0 Å². The van der Waals surface area contributed by atoms with Crippen LogP contribution in [-0.4, -0.2) is 31.3 Å². The molecule has 6 heteroatoms. The summed E-state index contributed by atoms with van der Waals surface area (Å²) in [6.07, 6.45) is 4.17. The fraction of sp³-hybridized carbons (Fsp3) is 0.600. The summed E-state index contributed by atoms with van der Waals surface area (Å²) in [6.45, 7) is 0. The molecule has 2 heterocycles. The lowest BCUT2D eigenvalue weighted by Gasteiger charge is -2.16. The van der Waals surface area contributed by atoms with E-state index in [0.29, 0.717) is 36.3 Å². The number of benzene rings is 1. The summed E-state index contributed by atoms with van der Waals surface area (Å²) in [5.74, 6) is 1.16. The maximum Gasteiger partial charge on any atom is 0.415 e. The SMILES string of the molecule is COC(=O)CC[C@@H]1OC(=O)N2c3cc(F)c(C4C5CCCC54)cc3C[C@@H]12. The number of hydrogen-bond donors (Lipinski definition) is 0. The number of cyclic esters (lactones) is 1. The number of amides is 1. The molecule has 0 bridgehead atoms. The molecule has 1 saturated heterocycles. The third-order valence-corrected chi connectivity index (χ3v) is 6.72. The lowest BCUT2D eigenvalue weighted by molar-refractivity contribution is -0.141. The van der Waals surface area contributed by atoms with Crippen molar-refractivity contribution < 1.29 is 23.5 Å². The Labute approximate surface area is 151 Å². The average molecular weight is 359 g/mol. The lowest BCUT2D eigenvalue weighted by atomic mass is 9.97. The zero-order valence-electron chi connectivity index (χ0n) is 14.7. The second-order valence-electron chi connectivity index (χ2n) is 7.97. The number of fused-ring (bicyclic) bond motifs is 4. The van der Waals surface area contributed by atoms with Crippen LogP contribution in [0.2, 0.25) is 0 Å². The molecule has 0 aromatic heterocycles. The van der Waals surface area contributed by atoms with E-state index in [4.69, 9.17) is 4.74 Å². The summed E-state index contributed by atoms with van der Waals surface area (Å²) in [6, 6.07) is 3.34. The predicted molar refractivity (Wildman–Crippen MR) is 91.5 cm³/mol. The predicted octanol–water partition coefficient (Wildman–Crippen LogP) is 3.54. The highest BCUT2D eigenvalue weighted by atomic mass is 19.1. The highest BCUT2D eigenvalue weighted by molar-refractivity contribution is 5.94. The number of anilines is 1. The van der Waals surface area contributed by atoms with Crippen LogP contribution in [0.15, 0.2) is 12.1 Å². The number of nitrogens with zero attached hydrogens (tertiary/aromatic N) is 1. The molecule has 1 aromatic rings. The number of ether oxygens (including phenoxy) is 2. The Morgan fingerprint density at radius 2 is 2.12 bits per heavy atom. The normalized spacial score (nSPS) is 33.5. The maximum atomic E-state index is 14.8. The van der Waals surface area contributed by atoms with Crippen LogP contribution in [0.25, 0.3) is 0 Å². The first-order valence-electron chi connectivity index (χ1n) is 9.47. The van der Waals surface area contributed by atoms with Gasteiger partial charge >= 0.3 is 12.1 Å². The van der Waals surface area contributed by atoms with Crippen LogP contribution in [0.4, 0.5) is 14.9 Å². The van der Waals surface area contributed by atoms with E-state index in [1.165, 1.54) is 32.4 Å². The van der Waals surface area contributed by atoms with Gasteiger partial charge in [0.1, 0.15) is 11.9 Å². The minimum atomic E-state index is -0.445. The van der Waals surface area contributed by atoms with Crippen molar-refractivity contribution in [1.29, 1.82) is 0 Å². The highest BCUT2D eigenvalue weighted by Gasteiger charge is 2.55. The minimum Gasteiger partial charge on any atom is -0.469 e. The van der Waals surface area contributed by atoms with E-state index in [1.807, 2.05) is 6.07 Å². The van der Waals surface area contributed by atoms with Gasteiger partial charge in [0.15, 0.2) is 0 Å². The molecule has 2 saturated carbocycles. The van der Waals surface area contributed by atoms with Gasteiger partial charge in [0.05, 0.1) is 18.8 Å². The summed E-state index contributed by atoms with van der Waals surface area (Å²) in [5.41, 5.74) is 2.49. The van der Waals surface area contributed by atoms with E-state index in [2.05, 4.69) is 4.74 Å². The number of esters is 1. The molecular weight excluding hydrogens is 337 g/mol. The van der Waals surface area contributed by atoms with E-state index in [-0.39, 0.29) is 30.4 Å². The van der Waals surface area contributed by atoms with E-state index in [1.54, 1.807) is 4.90 Å². The third kappa shape index (κ3) is 2.27. The Morgan fingerprint density at radius 1 is 1.35 bits per heavy atom. The Morgan fingerprint density at radius 3 is 2.85 bits per heavy atom. The third-order valence-electron chi connectivity index (χ3n) is 6.72. The van der Waals surface area contributed by atoms with Gasteiger partial charge in [-0.3, -0.25) is 9.69 Å².